The third kappa shape index (κ3) is 58.7. The van der Waals surface area contributed by atoms with Gasteiger partial charge in [0.15, 0.2) is 0 Å². The summed E-state index contributed by atoms with van der Waals surface area (Å²) in [7, 11) is 23.8. The van der Waals surface area contributed by atoms with E-state index in [4.69, 9.17) is 10.2 Å². The second kappa shape index (κ2) is 31.1. The molecule has 248 valence electrons. The second-order valence-electron chi connectivity index (χ2n) is 12.0. The zero-order valence-corrected chi connectivity index (χ0v) is 30.8. The van der Waals surface area contributed by atoms with Crippen molar-refractivity contribution in [3.05, 3.63) is 0 Å². The van der Waals surface area contributed by atoms with E-state index in [0.717, 1.165) is 43.8 Å². The molecule has 0 atom stereocenters. The van der Waals surface area contributed by atoms with E-state index in [2.05, 4.69) is 102 Å². The van der Waals surface area contributed by atoms with Crippen molar-refractivity contribution in [2.75, 3.05) is 130 Å². The minimum absolute atomic E-state index is 0. The first-order chi connectivity index (χ1) is 16.6. The molecule has 0 aliphatic rings. The van der Waals surface area contributed by atoms with Crippen molar-refractivity contribution >= 4 is 11.9 Å². The van der Waals surface area contributed by atoms with E-state index in [1.807, 2.05) is 0 Å². The maximum Gasteiger partial charge on any atom is 0.305 e. The third-order valence-corrected chi connectivity index (χ3v) is 4.93. The molecule has 0 heterocycles. The van der Waals surface area contributed by atoms with Gasteiger partial charge in [0.25, 0.3) is 0 Å². The van der Waals surface area contributed by atoms with Gasteiger partial charge in [-0.2, -0.15) is 0 Å². The summed E-state index contributed by atoms with van der Waals surface area (Å²) in [5.41, 5.74) is 0. The summed E-state index contributed by atoms with van der Waals surface area (Å²) in [6.07, 6.45) is 0. The molecular formula is C27H65Ag2N6O4+. The van der Waals surface area contributed by atoms with Crippen LogP contribution in [0, 0.1) is 11.8 Å². The Balaban J connectivity index is -0.0000000967. The summed E-state index contributed by atoms with van der Waals surface area (Å²) >= 11 is 0. The number of carboxylic acid groups (broad SMARTS) is 2. The molecule has 0 saturated carbocycles. The number of carboxylic acids is 2. The normalized spacial score (nSPS) is 10.8. The van der Waals surface area contributed by atoms with Gasteiger partial charge in [0.2, 0.25) is 0 Å². The minimum Gasteiger partial charge on any atom is -0.481 e. The van der Waals surface area contributed by atoms with Crippen LogP contribution >= 0.6 is 0 Å². The van der Waals surface area contributed by atoms with Gasteiger partial charge in [-0.25, -0.2) is 0 Å². The number of hydrogen-bond donors (Lipinski definition) is 2. The molecule has 0 fully saturated rings. The third-order valence-electron chi connectivity index (χ3n) is 4.93. The molecule has 0 spiro atoms. The van der Waals surface area contributed by atoms with E-state index >= 15 is 0 Å². The van der Waals surface area contributed by atoms with Crippen LogP contribution in [0.5, 0.6) is 0 Å². The predicted molar refractivity (Wildman–Crippen MR) is 159 cm³/mol. The Bertz CT molecular complexity index is 517. The Kier molecular flexibility index (Phi) is 41.4. The monoisotopic (exact) mass is 751 g/mol. The van der Waals surface area contributed by atoms with Gasteiger partial charge in [0, 0.05) is 90.6 Å². The van der Waals surface area contributed by atoms with E-state index in [9.17, 15) is 9.59 Å². The average molecular weight is 754 g/mol. The molecule has 0 aliphatic heterocycles. The topological polar surface area (TPSA) is 90.8 Å². The molecule has 0 bridgehead atoms. The van der Waals surface area contributed by atoms with Crippen LogP contribution in [-0.4, -0.2) is 181 Å². The molecular weight excluding hydrogens is 688 g/mol. The van der Waals surface area contributed by atoms with Crippen molar-refractivity contribution in [2.45, 2.75) is 27.7 Å². The van der Waals surface area contributed by atoms with E-state index in [1.54, 1.807) is 27.7 Å². The van der Waals surface area contributed by atoms with Gasteiger partial charge in [-0.05, 0) is 56.4 Å². The van der Waals surface area contributed by atoms with Crippen LogP contribution in [-0.2, 0) is 54.3 Å². The first-order valence-corrected chi connectivity index (χ1v) is 13.2. The van der Waals surface area contributed by atoms with Crippen LogP contribution < -0.4 is 0 Å². The van der Waals surface area contributed by atoms with Crippen molar-refractivity contribution in [1.82, 2.24) is 24.5 Å². The molecule has 0 aromatic carbocycles. The van der Waals surface area contributed by atoms with Crippen molar-refractivity contribution in [1.29, 1.82) is 0 Å². The van der Waals surface area contributed by atoms with Crippen molar-refractivity contribution in [2.24, 2.45) is 11.8 Å². The zero-order chi connectivity index (χ0) is 30.4. The second-order valence-corrected chi connectivity index (χ2v) is 12.0. The molecule has 0 aromatic heterocycles. The van der Waals surface area contributed by atoms with Crippen molar-refractivity contribution in [3.8, 4) is 0 Å². The Morgan fingerprint density at radius 1 is 0.538 bits per heavy atom. The largest absolute Gasteiger partial charge is 0.481 e. The number of rotatable bonds is 14. The fraction of sp³-hybridized carbons (Fsp3) is 0.926. The number of hydrogen-bond acceptors (Lipinski definition) is 7. The molecule has 0 rings (SSSR count). The minimum atomic E-state index is -0.741. The number of nitrogens with zero attached hydrogens (tertiary/aromatic N) is 6. The number of carbonyl (C=O) groups is 2. The summed E-state index contributed by atoms with van der Waals surface area (Å²) in [6, 6.07) is 0. The van der Waals surface area contributed by atoms with Gasteiger partial charge in [0.05, 0.1) is 39.5 Å². The molecule has 2 N–H and O–H groups in total. The first kappa shape index (κ1) is 51.9. The smallest absolute Gasteiger partial charge is 0.305 e. The molecule has 12 heteroatoms. The van der Waals surface area contributed by atoms with E-state index in [-0.39, 0.29) is 56.6 Å². The van der Waals surface area contributed by atoms with Crippen LogP contribution in [0.1, 0.15) is 27.7 Å². The number of aliphatic carboxylic acids is 2. The van der Waals surface area contributed by atoms with Crippen molar-refractivity contribution in [3.63, 3.8) is 0 Å². The molecule has 0 unspecified atom stereocenters. The Morgan fingerprint density at radius 3 is 0.897 bits per heavy atom. The Morgan fingerprint density at radius 2 is 0.744 bits per heavy atom. The van der Waals surface area contributed by atoms with Crippen LogP contribution in [0.4, 0.5) is 0 Å². The fourth-order valence-electron chi connectivity index (χ4n) is 1.81. The van der Waals surface area contributed by atoms with E-state index in [0.29, 0.717) is 0 Å². The Labute approximate surface area is 273 Å². The van der Waals surface area contributed by atoms with Gasteiger partial charge in [-0.3, -0.25) is 14.5 Å². The fourth-order valence-corrected chi connectivity index (χ4v) is 1.81. The standard InChI is InChI=1S/C10H26N3.C9H23N3.2C4H8O2.2Ag/c1-11(2)7-8-12(3)9-10-13(4,5)6;1-10(2)6-8-12(5)9-7-11(3)4;2*1-3(2)4(5)6;;/h7-10H2,1-6H3;6-9H2,1-5H3;2*3H,1-2H3,(H,5,6);;/q+1;;;;;. The summed E-state index contributed by atoms with van der Waals surface area (Å²) in [6.45, 7) is 15.9. The quantitative estimate of drug-likeness (QED) is 0.203. The molecule has 0 amide bonds. The average Bonchev–Trinajstić information content (AvgIpc) is 2.73. The van der Waals surface area contributed by atoms with Crippen LogP contribution in [0.3, 0.4) is 0 Å². The number of quaternary nitrogens is 1. The summed E-state index contributed by atoms with van der Waals surface area (Å²) in [5, 5.41) is 16.0. The summed E-state index contributed by atoms with van der Waals surface area (Å²) < 4.78 is 1.05. The van der Waals surface area contributed by atoms with Gasteiger partial charge < -0.3 is 34.3 Å². The summed E-state index contributed by atoms with van der Waals surface area (Å²) in [4.78, 5) is 30.8. The SMILES string of the molecule is CC(C)C(=O)O.CC(C)C(=O)O.CN(C)CCN(C)CCN(C)C.CN(C)CCN(C)CC[N+](C)(C)C.[Ag].[Ag]. The first-order valence-electron chi connectivity index (χ1n) is 13.2. The molecule has 0 aliphatic carbocycles. The number of likely N-dealkylation sites (N-methyl/N-ethyl adjacent to an activating group) is 6. The molecule has 39 heavy (non-hydrogen) atoms. The van der Waals surface area contributed by atoms with Crippen LogP contribution in [0.25, 0.3) is 0 Å². The van der Waals surface area contributed by atoms with Gasteiger partial charge >= 0.3 is 11.9 Å². The van der Waals surface area contributed by atoms with E-state index < -0.39 is 11.9 Å². The van der Waals surface area contributed by atoms with Gasteiger partial charge in [-0.1, -0.05) is 27.7 Å². The predicted octanol–water partition coefficient (Wildman–Crippen LogP) is 1.68. The maximum atomic E-state index is 9.70. The molecule has 2 radical (unpaired) electrons. The summed E-state index contributed by atoms with van der Waals surface area (Å²) in [5.74, 6) is -1.94. The maximum absolute atomic E-state index is 9.70. The molecule has 0 aromatic rings. The zero-order valence-electron chi connectivity index (χ0n) is 27.8. The van der Waals surface area contributed by atoms with Crippen molar-refractivity contribution < 1.29 is 69.0 Å². The molecule has 0 saturated heterocycles. The van der Waals surface area contributed by atoms with Crippen LogP contribution in [0.2, 0.25) is 0 Å². The van der Waals surface area contributed by atoms with Crippen LogP contribution in [0.15, 0.2) is 0 Å². The van der Waals surface area contributed by atoms with Gasteiger partial charge in [0.1, 0.15) is 0 Å². The Hall–Kier alpha value is 0.181. The molecule has 10 nitrogen and oxygen atoms in total. The van der Waals surface area contributed by atoms with E-state index in [1.165, 1.54) is 13.1 Å². The van der Waals surface area contributed by atoms with Gasteiger partial charge in [-0.15, -0.1) is 0 Å².